The number of fused-ring (bicyclic) bond motifs is 4. The van der Waals surface area contributed by atoms with Gasteiger partial charge in [-0.15, -0.1) is 0 Å². The number of nitrogens with zero attached hydrogens (tertiary/aromatic N) is 1. The molecule has 0 aromatic heterocycles. The first-order valence-corrected chi connectivity index (χ1v) is 29.9. The number of allylic oxidation sites excluding steroid dienone is 3. The molecule has 4 aliphatic carbocycles. The Morgan fingerprint density at radius 2 is 1.45 bits per heavy atom. The van der Waals surface area contributed by atoms with E-state index in [0.29, 0.717) is 36.7 Å². The summed E-state index contributed by atoms with van der Waals surface area (Å²) in [6.45, 7) is 19.0. The van der Waals surface area contributed by atoms with Crippen molar-refractivity contribution in [1.82, 2.24) is 5.32 Å². The van der Waals surface area contributed by atoms with Crippen LogP contribution in [0.1, 0.15) is 128 Å². The van der Waals surface area contributed by atoms with E-state index in [1.807, 2.05) is 32.1 Å². The number of nitrogens with one attached hydrogen (secondary N) is 1. The molecule has 1 spiro atoms. The zero-order valence-electron chi connectivity index (χ0n) is 50.5. The van der Waals surface area contributed by atoms with Crippen LogP contribution in [0, 0.1) is 51.0 Å². The minimum Gasteiger partial charge on any atom is -0.511 e. The Balaban J connectivity index is 1.04. The van der Waals surface area contributed by atoms with Crippen LogP contribution in [0.3, 0.4) is 0 Å². The van der Waals surface area contributed by atoms with Gasteiger partial charge in [-0.1, -0.05) is 50.6 Å². The summed E-state index contributed by atoms with van der Waals surface area (Å²) in [6, 6.07) is -1.12. The van der Waals surface area contributed by atoms with Crippen LogP contribution in [-0.4, -0.2) is 178 Å². The Morgan fingerprint density at radius 3 is 2.09 bits per heavy atom. The van der Waals surface area contributed by atoms with Crippen LogP contribution in [0.15, 0.2) is 58.4 Å². The molecule has 2 bridgehead atoms. The lowest BCUT2D eigenvalue weighted by Crippen LogP contribution is -2.65. The highest BCUT2D eigenvalue weighted by Crippen LogP contribution is 2.61. The molecule has 5 N–H and O–H groups in total. The van der Waals surface area contributed by atoms with Gasteiger partial charge >= 0.3 is 18.0 Å². The number of aliphatic hydroxyl groups is 4. The number of aldehydes is 1. The first-order chi connectivity index (χ1) is 40.0. The second-order valence-electron chi connectivity index (χ2n) is 25.7. The Bertz CT molecular complexity index is 2720. The minimum absolute atomic E-state index is 0.00427. The average Bonchev–Trinajstić information content (AvgIpc) is 1.71. The van der Waals surface area contributed by atoms with Gasteiger partial charge in [0.05, 0.1) is 74.4 Å². The average molecular weight is 1200 g/mol. The molecule has 24 heteroatoms. The van der Waals surface area contributed by atoms with E-state index in [1.54, 1.807) is 40.7 Å². The van der Waals surface area contributed by atoms with Gasteiger partial charge in [0.1, 0.15) is 35.9 Å². The van der Waals surface area contributed by atoms with Crippen molar-refractivity contribution in [3.8, 4) is 0 Å². The van der Waals surface area contributed by atoms with E-state index < -0.39 is 191 Å². The third-order valence-corrected chi connectivity index (χ3v) is 19.8. The van der Waals surface area contributed by atoms with Gasteiger partial charge in [0, 0.05) is 61.7 Å². The summed E-state index contributed by atoms with van der Waals surface area (Å²) >= 11 is 0. The molecule has 0 radical (unpaired) electrons. The van der Waals surface area contributed by atoms with Crippen molar-refractivity contribution >= 4 is 30.1 Å². The number of amides is 1. The number of rotatable bonds is 12. The molecule has 26 atom stereocenters. The van der Waals surface area contributed by atoms with Gasteiger partial charge in [0.25, 0.3) is 0 Å². The predicted molar refractivity (Wildman–Crippen MR) is 297 cm³/mol. The van der Waals surface area contributed by atoms with E-state index in [2.05, 4.69) is 19.2 Å². The zero-order valence-corrected chi connectivity index (χ0v) is 50.5. The fraction of sp³-hybridized carbons (Fsp3) is 0.754. The Kier molecular flexibility index (Phi) is 19.2. The van der Waals surface area contributed by atoms with E-state index in [4.69, 9.17) is 52.1 Å². The topological polar surface area (TPSA) is 323 Å². The SMILES string of the molecule is COC(=O)N[C@H]1[C@H](C)O[C@@H](O[C@@H]2C/C=C(\C)[C@H]3C=CC4[C@@H](O[C@H]5C[C@H](O[C@H]6C[C@H](O)[C@@H](O[C@H]7CC[C@@H](O)[C@H](C)O7)[C@H](C)O6)[C@@H](OC(C)=O)[C@H](C)O5)[C@H](C)C[C@H](C)[C@H]4[C@@]3(C)C(O)=C3C(=O)OC4(CC(C=O)=C[C@H](O)[C@H]4/C=C/2C)C3=O)CC1(C)[N+](=O)[O-]. The molecule has 5 saturated heterocycles. The number of ketones is 1. The third kappa shape index (κ3) is 12.3. The number of carbonyl (C=O) groups is 5. The Morgan fingerprint density at radius 1 is 0.788 bits per heavy atom. The maximum absolute atomic E-state index is 15.5. The molecule has 0 aromatic carbocycles. The summed E-state index contributed by atoms with van der Waals surface area (Å²) < 4.78 is 68.3. The fourth-order valence-corrected chi connectivity index (χ4v) is 15.5. The molecular formula is C61H86N2O22. The highest BCUT2D eigenvalue weighted by molar-refractivity contribution is 6.26. The molecule has 9 aliphatic rings. The van der Waals surface area contributed by atoms with Gasteiger partial charge in [-0.3, -0.25) is 24.5 Å². The van der Waals surface area contributed by atoms with E-state index in [9.17, 15) is 49.7 Å². The lowest BCUT2D eigenvalue weighted by molar-refractivity contribution is -0.584. The van der Waals surface area contributed by atoms with Crippen molar-refractivity contribution in [3.63, 3.8) is 0 Å². The normalized spacial score (nSPS) is 47.0. The summed E-state index contributed by atoms with van der Waals surface area (Å²) in [5.41, 5.74) is -4.93. The smallest absolute Gasteiger partial charge is 0.407 e. The van der Waals surface area contributed by atoms with Gasteiger partial charge in [0.2, 0.25) is 11.3 Å². The highest BCUT2D eigenvalue weighted by atomic mass is 16.7. The second-order valence-corrected chi connectivity index (χ2v) is 25.7. The first kappa shape index (κ1) is 64.5. The molecule has 1 saturated carbocycles. The van der Waals surface area contributed by atoms with Gasteiger partial charge in [-0.2, -0.15) is 0 Å². The van der Waals surface area contributed by atoms with Crippen LogP contribution in [0.5, 0.6) is 0 Å². The van der Waals surface area contributed by atoms with Crippen LogP contribution in [-0.2, 0) is 71.3 Å². The molecule has 24 nitrogen and oxygen atoms in total. The van der Waals surface area contributed by atoms with Crippen LogP contribution in [0.4, 0.5) is 4.79 Å². The first-order valence-electron chi connectivity index (χ1n) is 29.9. The number of hydrogen-bond donors (Lipinski definition) is 5. The van der Waals surface area contributed by atoms with Crippen LogP contribution < -0.4 is 5.32 Å². The van der Waals surface area contributed by atoms with Crippen molar-refractivity contribution in [3.05, 3.63) is 68.5 Å². The third-order valence-electron chi connectivity index (χ3n) is 19.8. The Hall–Kier alpha value is -4.99. The number of alkyl carbamates (subject to hydrolysis) is 1. The van der Waals surface area contributed by atoms with Crippen molar-refractivity contribution in [2.75, 3.05) is 7.11 Å². The number of esters is 2. The molecule has 5 aliphatic heterocycles. The summed E-state index contributed by atoms with van der Waals surface area (Å²) in [4.78, 5) is 80.1. The number of Topliss-reactive ketones (excluding diaryl/α,β-unsaturated/α-hetero) is 1. The molecular weight excluding hydrogens is 1110 g/mol. The molecule has 9 rings (SSSR count). The van der Waals surface area contributed by atoms with Gasteiger partial charge < -0.3 is 77.8 Å². The van der Waals surface area contributed by atoms with Gasteiger partial charge in [-0.25, -0.2) is 9.59 Å². The van der Waals surface area contributed by atoms with E-state index in [-0.39, 0.29) is 43.1 Å². The maximum atomic E-state index is 15.5. The molecule has 6 fully saturated rings. The van der Waals surface area contributed by atoms with Crippen LogP contribution in [0.25, 0.3) is 0 Å². The van der Waals surface area contributed by atoms with Crippen molar-refractivity contribution < 1.29 is 101 Å². The van der Waals surface area contributed by atoms with Crippen LogP contribution in [0.2, 0.25) is 0 Å². The monoisotopic (exact) mass is 1200 g/mol. The zero-order chi connectivity index (χ0) is 61.9. The Labute approximate surface area is 495 Å². The number of aliphatic hydroxyl groups excluding tert-OH is 4. The number of carbonyl (C=O) groups excluding carboxylic acids is 5. The van der Waals surface area contributed by atoms with E-state index >= 15 is 4.79 Å². The van der Waals surface area contributed by atoms with Gasteiger partial charge in [-0.05, 0) is 95.8 Å². The quantitative estimate of drug-likeness (QED) is 0.0308. The predicted octanol–water partition coefficient (Wildman–Crippen LogP) is 5.45. The molecule has 85 heavy (non-hydrogen) atoms. The minimum atomic E-state index is -2.20. The summed E-state index contributed by atoms with van der Waals surface area (Å²) in [6.07, 6.45) is -4.66. The summed E-state index contributed by atoms with van der Waals surface area (Å²) in [5, 5.41) is 62.1. The van der Waals surface area contributed by atoms with Crippen LogP contribution >= 0.6 is 0 Å². The number of nitro groups is 1. The van der Waals surface area contributed by atoms with Crippen molar-refractivity contribution in [2.45, 2.75) is 243 Å². The largest absolute Gasteiger partial charge is 0.511 e. The van der Waals surface area contributed by atoms with E-state index in [1.165, 1.54) is 19.9 Å². The van der Waals surface area contributed by atoms with Crippen molar-refractivity contribution in [2.24, 2.45) is 40.9 Å². The van der Waals surface area contributed by atoms with Gasteiger partial charge in [0.15, 0.2) is 36.9 Å². The molecule has 5 heterocycles. The fourth-order valence-electron chi connectivity index (χ4n) is 15.5. The standard InChI is InChI=1S/C61H86N2O22/c1-27-13-17-43(81-48-25-59(10,63(73)74)54(34(8)79-48)62-58(72)75-12)28(2)20-39-41(67)21-36(26-64)24-61(39)56(70)49(57(71)85-61)55(69)60(11)38(27)15-14-37-50(60)29(3)19-30(4)51(37)84-47-23-44(53(33(7)78-47)80-35(9)65)82-46-22-42(68)52(32(6)77-46)83-45-18-16-40(66)31(5)76-45/h13-15,20-21,26,29-34,37-48,50-54,66-69H,16-19,22-25H2,1-12H3,(H,62,72)/b27-13+,28-20+,55-49?/t29-,30+,31-,32-,33-,34-,37?,38+,39+,40+,41-,42-,43+,44-,45-,46-,47-,48-,50+,51-,52-,53-,54-,59?,60-,61?/m0/s1. The summed E-state index contributed by atoms with van der Waals surface area (Å²) in [7, 11) is 1.14. The molecule has 0 aromatic rings. The number of hydrogen-bond acceptors (Lipinski definition) is 22. The molecule has 472 valence electrons. The summed E-state index contributed by atoms with van der Waals surface area (Å²) in [5.74, 6) is -6.54. The second kappa shape index (κ2) is 25.2. The highest BCUT2D eigenvalue weighted by Gasteiger charge is 2.65. The van der Waals surface area contributed by atoms with Crippen molar-refractivity contribution in [1.29, 1.82) is 0 Å². The molecule has 1 amide bonds. The molecule has 3 unspecified atom stereocenters. The number of ether oxygens (including phenoxy) is 11. The lowest BCUT2D eigenvalue weighted by atomic mass is 9.49. The lowest BCUT2D eigenvalue weighted by Gasteiger charge is -2.56. The maximum Gasteiger partial charge on any atom is 0.407 e. The number of methoxy groups -OCH3 is 1. The van der Waals surface area contributed by atoms with E-state index in [0.717, 1.165) is 7.11 Å².